The van der Waals surface area contributed by atoms with Gasteiger partial charge in [0.1, 0.15) is 11.9 Å². The van der Waals surface area contributed by atoms with E-state index in [1.807, 2.05) is 0 Å². The predicted molar refractivity (Wildman–Crippen MR) is 125 cm³/mol. The number of non-ortho nitro benzene ring substituents is 1. The van der Waals surface area contributed by atoms with E-state index in [9.17, 15) is 19.3 Å². The number of hydrogen-bond donors (Lipinski definition) is 1. The highest BCUT2D eigenvalue weighted by Crippen LogP contribution is 2.37. The Balaban J connectivity index is 1.71. The third-order valence-corrected chi connectivity index (χ3v) is 6.02. The number of nitrogens with one attached hydrogen (secondary N) is 1. The summed E-state index contributed by atoms with van der Waals surface area (Å²) in [4.78, 5) is 28.1. The van der Waals surface area contributed by atoms with E-state index in [0.29, 0.717) is 39.3 Å². The molecule has 1 aliphatic heterocycles. The lowest BCUT2D eigenvalue weighted by molar-refractivity contribution is -0.384. The fourth-order valence-corrected chi connectivity index (χ4v) is 4.39. The largest absolute Gasteiger partial charge is 0.459 e. The highest BCUT2D eigenvalue weighted by molar-refractivity contribution is 7.98. The standard InChI is InChI=1S/C23H22FN5O4S/c1-13(2)33-21(30)19-14(3)25-22-26-23(34-12-16-6-4-5-7-18(16)24)27-28(22)20(19)15-8-10-17(11-9-15)29(31)32/h4-11,13,20H,12H2,1-3H3,(H,25,26,27). The minimum absolute atomic E-state index is 0.0651. The molecular weight excluding hydrogens is 461 g/mol. The molecule has 0 fully saturated rings. The summed E-state index contributed by atoms with van der Waals surface area (Å²) >= 11 is 1.26. The molecule has 11 heteroatoms. The predicted octanol–water partition coefficient (Wildman–Crippen LogP) is 4.86. The van der Waals surface area contributed by atoms with Gasteiger partial charge in [-0.25, -0.2) is 13.9 Å². The van der Waals surface area contributed by atoms with Crippen molar-refractivity contribution >= 4 is 29.4 Å². The lowest BCUT2D eigenvalue weighted by Gasteiger charge is -2.28. The Morgan fingerprint density at radius 3 is 2.62 bits per heavy atom. The van der Waals surface area contributed by atoms with Crippen LogP contribution in [0, 0.1) is 15.9 Å². The first-order valence-corrected chi connectivity index (χ1v) is 11.5. The van der Waals surface area contributed by atoms with E-state index in [1.54, 1.807) is 55.8 Å². The van der Waals surface area contributed by atoms with Crippen LogP contribution in [-0.2, 0) is 15.3 Å². The summed E-state index contributed by atoms with van der Waals surface area (Å²) < 4.78 is 21.0. The van der Waals surface area contributed by atoms with Crippen molar-refractivity contribution < 1.29 is 18.8 Å². The van der Waals surface area contributed by atoms with Crippen LogP contribution in [0.2, 0.25) is 0 Å². The number of nitro benzene ring substituents is 1. The van der Waals surface area contributed by atoms with Crippen molar-refractivity contribution in [2.75, 3.05) is 5.32 Å². The lowest BCUT2D eigenvalue weighted by atomic mass is 9.95. The van der Waals surface area contributed by atoms with E-state index in [0.717, 1.165) is 0 Å². The molecule has 176 valence electrons. The number of allylic oxidation sites excluding steroid dienone is 1. The highest BCUT2D eigenvalue weighted by Gasteiger charge is 2.35. The molecule has 3 aromatic rings. The molecular formula is C23H22FN5O4S. The number of carbonyl (C=O) groups excluding carboxylic acids is 1. The zero-order chi connectivity index (χ0) is 24.4. The van der Waals surface area contributed by atoms with Crippen LogP contribution in [0.5, 0.6) is 0 Å². The summed E-state index contributed by atoms with van der Waals surface area (Å²) in [7, 11) is 0. The number of ether oxygens (including phenoxy) is 1. The number of rotatable bonds is 7. The quantitative estimate of drug-likeness (QED) is 0.219. The van der Waals surface area contributed by atoms with Gasteiger partial charge < -0.3 is 10.1 Å². The van der Waals surface area contributed by atoms with Crippen molar-refractivity contribution in [2.45, 2.75) is 43.8 Å². The van der Waals surface area contributed by atoms with Gasteiger partial charge in [-0.1, -0.05) is 30.0 Å². The molecule has 4 rings (SSSR count). The molecule has 2 heterocycles. The summed E-state index contributed by atoms with van der Waals surface area (Å²) in [6.45, 7) is 5.24. The minimum Gasteiger partial charge on any atom is -0.459 e. The second-order valence-corrected chi connectivity index (χ2v) is 8.85. The Kier molecular flexibility index (Phi) is 6.64. The van der Waals surface area contributed by atoms with Crippen molar-refractivity contribution in [1.29, 1.82) is 0 Å². The Bertz CT molecular complexity index is 1270. The number of benzene rings is 2. The first-order chi connectivity index (χ1) is 16.2. The topological polar surface area (TPSA) is 112 Å². The maximum absolute atomic E-state index is 14.0. The number of halogens is 1. The summed E-state index contributed by atoms with van der Waals surface area (Å²) in [6.07, 6.45) is -0.339. The van der Waals surface area contributed by atoms with Gasteiger partial charge in [0.15, 0.2) is 0 Å². The fraction of sp³-hybridized carbons (Fsp3) is 0.261. The molecule has 0 bridgehead atoms. The molecule has 1 unspecified atom stereocenters. The van der Waals surface area contributed by atoms with Crippen molar-refractivity contribution in [3.63, 3.8) is 0 Å². The number of esters is 1. The van der Waals surface area contributed by atoms with Crippen LogP contribution in [0.15, 0.2) is 65.0 Å². The number of nitro groups is 1. The van der Waals surface area contributed by atoms with Crippen LogP contribution < -0.4 is 5.32 Å². The van der Waals surface area contributed by atoms with Gasteiger partial charge in [-0.05, 0) is 50.1 Å². The molecule has 1 atom stereocenters. The van der Waals surface area contributed by atoms with E-state index >= 15 is 0 Å². The van der Waals surface area contributed by atoms with E-state index in [1.165, 1.54) is 30.0 Å². The number of fused-ring (bicyclic) bond motifs is 1. The molecule has 0 saturated heterocycles. The van der Waals surface area contributed by atoms with Crippen LogP contribution >= 0.6 is 11.8 Å². The van der Waals surface area contributed by atoms with Gasteiger partial charge in [0.25, 0.3) is 5.69 Å². The molecule has 0 amide bonds. The van der Waals surface area contributed by atoms with Gasteiger partial charge in [0.05, 0.1) is 16.6 Å². The smallest absolute Gasteiger partial charge is 0.338 e. The Labute approximate surface area is 199 Å². The monoisotopic (exact) mass is 483 g/mol. The number of nitrogens with zero attached hydrogens (tertiary/aromatic N) is 4. The highest BCUT2D eigenvalue weighted by atomic mass is 32.2. The van der Waals surface area contributed by atoms with Crippen molar-refractivity contribution in [3.8, 4) is 0 Å². The minimum atomic E-state index is -0.710. The molecule has 0 radical (unpaired) electrons. The first-order valence-electron chi connectivity index (χ1n) is 10.5. The van der Waals surface area contributed by atoms with E-state index < -0.39 is 16.9 Å². The number of anilines is 1. The van der Waals surface area contributed by atoms with Gasteiger partial charge in [0.2, 0.25) is 11.1 Å². The average Bonchev–Trinajstić information content (AvgIpc) is 3.19. The normalized spacial score (nSPS) is 15.1. The van der Waals surface area contributed by atoms with Crippen LogP contribution in [0.1, 0.15) is 37.9 Å². The van der Waals surface area contributed by atoms with Crippen molar-refractivity contribution in [1.82, 2.24) is 14.8 Å². The Morgan fingerprint density at radius 1 is 1.26 bits per heavy atom. The van der Waals surface area contributed by atoms with E-state index in [4.69, 9.17) is 4.74 Å². The molecule has 1 aliphatic rings. The molecule has 0 aliphatic carbocycles. The maximum atomic E-state index is 14.0. The molecule has 1 N–H and O–H groups in total. The fourth-order valence-electron chi connectivity index (χ4n) is 3.58. The molecule has 0 saturated carbocycles. The van der Waals surface area contributed by atoms with Gasteiger partial charge >= 0.3 is 5.97 Å². The van der Waals surface area contributed by atoms with Gasteiger partial charge in [0, 0.05) is 23.6 Å². The van der Waals surface area contributed by atoms with Crippen molar-refractivity contribution in [3.05, 3.63) is 86.9 Å². The van der Waals surface area contributed by atoms with Crippen LogP contribution in [0.4, 0.5) is 16.0 Å². The Morgan fingerprint density at radius 2 is 1.97 bits per heavy atom. The first kappa shape index (κ1) is 23.4. The molecule has 0 spiro atoms. The van der Waals surface area contributed by atoms with Crippen molar-refractivity contribution in [2.24, 2.45) is 0 Å². The zero-order valence-electron chi connectivity index (χ0n) is 18.7. The summed E-state index contributed by atoms with van der Waals surface area (Å²) in [5.41, 5.74) is 1.93. The van der Waals surface area contributed by atoms with E-state index in [2.05, 4.69) is 15.4 Å². The summed E-state index contributed by atoms with van der Waals surface area (Å²) in [5, 5.41) is 19.2. The average molecular weight is 484 g/mol. The molecule has 9 nitrogen and oxygen atoms in total. The number of thioether (sulfide) groups is 1. The second kappa shape index (κ2) is 9.64. The zero-order valence-corrected chi connectivity index (χ0v) is 19.5. The Hall–Kier alpha value is -3.73. The van der Waals surface area contributed by atoms with Gasteiger partial charge in [-0.2, -0.15) is 4.98 Å². The van der Waals surface area contributed by atoms with Crippen LogP contribution in [0.3, 0.4) is 0 Å². The van der Waals surface area contributed by atoms with Gasteiger partial charge in [-0.3, -0.25) is 10.1 Å². The van der Waals surface area contributed by atoms with Crippen LogP contribution in [0.25, 0.3) is 0 Å². The maximum Gasteiger partial charge on any atom is 0.338 e. The molecule has 34 heavy (non-hydrogen) atoms. The molecule has 2 aromatic carbocycles. The number of carbonyl (C=O) groups is 1. The summed E-state index contributed by atoms with van der Waals surface area (Å²) in [5.74, 6) is -0.104. The molecule has 1 aromatic heterocycles. The van der Waals surface area contributed by atoms with Gasteiger partial charge in [-0.15, -0.1) is 5.10 Å². The SMILES string of the molecule is CC1=C(C(=O)OC(C)C)C(c2ccc([N+](=O)[O-])cc2)n2nc(SCc3ccccc3F)nc2N1. The second-order valence-electron chi connectivity index (χ2n) is 7.91. The van der Waals surface area contributed by atoms with E-state index in [-0.39, 0.29) is 17.6 Å². The third-order valence-electron chi connectivity index (χ3n) is 5.13. The van der Waals surface area contributed by atoms with Crippen LogP contribution in [-0.4, -0.2) is 31.8 Å². The number of hydrogen-bond acceptors (Lipinski definition) is 8. The lowest BCUT2D eigenvalue weighted by Crippen LogP contribution is -2.30. The summed E-state index contributed by atoms with van der Waals surface area (Å²) in [6, 6.07) is 11.7. The number of aromatic nitrogens is 3. The third kappa shape index (κ3) is 4.79.